The van der Waals surface area contributed by atoms with Gasteiger partial charge in [-0.2, -0.15) is 0 Å². The molecule has 0 radical (unpaired) electrons. The van der Waals surface area contributed by atoms with Crippen LogP contribution in [0, 0.1) is 45.8 Å². The summed E-state index contributed by atoms with van der Waals surface area (Å²) in [5.74, 6) is 0.426. The van der Waals surface area contributed by atoms with Gasteiger partial charge >= 0.3 is 11.9 Å². The molecule has 3 atom stereocenters. The van der Waals surface area contributed by atoms with Gasteiger partial charge in [0.15, 0.2) is 0 Å². The molecule has 4 nitrogen and oxygen atoms in total. The van der Waals surface area contributed by atoms with Gasteiger partial charge in [0.05, 0.1) is 11.8 Å². The Hall–Kier alpha value is -0.900. The minimum Gasteiger partial charge on any atom is -0.393 e. The Bertz CT molecular complexity index is 538. The van der Waals surface area contributed by atoms with Crippen molar-refractivity contribution in [1.29, 1.82) is 0 Å². The standard InChI is InChI=1S/C17H30O3.C8H18O.C2H6/c1-10(2)16(6,7)11-12(14(19)20-13(11)18)17(8,9)15(3,4)5;1-7(2)8(3)5-6-9-4;1-2/h10-12H,1-9H3;7-8H,5-6H2,1-4H3;1-2H3. The lowest BCUT2D eigenvalue weighted by Crippen LogP contribution is -2.47. The van der Waals surface area contributed by atoms with Crippen LogP contribution in [0.4, 0.5) is 0 Å². The molecule has 1 aliphatic heterocycles. The van der Waals surface area contributed by atoms with E-state index in [1.54, 1.807) is 7.11 Å². The number of hydrogen-bond donors (Lipinski definition) is 0. The summed E-state index contributed by atoms with van der Waals surface area (Å²) in [4.78, 5) is 24.6. The normalized spacial score (nSPS) is 20.7. The first kappa shape index (κ1) is 32.3. The maximum Gasteiger partial charge on any atom is 0.318 e. The Kier molecular flexibility index (Phi) is 13.5. The van der Waals surface area contributed by atoms with Crippen LogP contribution < -0.4 is 0 Å². The van der Waals surface area contributed by atoms with Crippen molar-refractivity contribution in [2.24, 2.45) is 45.8 Å². The fraction of sp³-hybridized carbons (Fsp3) is 0.926. The zero-order valence-electron chi connectivity index (χ0n) is 23.4. The molecule has 186 valence electrons. The van der Waals surface area contributed by atoms with Crippen LogP contribution in [-0.4, -0.2) is 25.7 Å². The van der Waals surface area contributed by atoms with Crippen LogP contribution in [0.5, 0.6) is 0 Å². The van der Waals surface area contributed by atoms with Crippen LogP contribution in [-0.2, 0) is 19.1 Å². The van der Waals surface area contributed by atoms with E-state index >= 15 is 0 Å². The van der Waals surface area contributed by atoms with Gasteiger partial charge in [-0.25, -0.2) is 0 Å². The quantitative estimate of drug-likeness (QED) is 0.304. The summed E-state index contributed by atoms with van der Waals surface area (Å²) in [7, 11) is 1.76. The molecule has 0 spiro atoms. The second-order valence-electron chi connectivity index (χ2n) is 11.6. The number of hydrogen-bond acceptors (Lipinski definition) is 4. The van der Waals surface area contributed by atoms with Crippen LogP contribution in [0.2, 0.25) is 0 Å². The van der Waals surface area contributed by atoms with E-state index in [4.69, 9.17) is 9.47 Å². The SMILES string of the molecule is CC.CC(C)C(C)(C)C1C(=O)OC(=O)C1C(C)(C)C(C)(C)C.COCCC(C)C(C)C. The van der Waals surface area contributed by atoms with E-state index in [-0.39, 0.29) is 40.0 Å². The van der Waals surface area contributed by atoms with Crippen molar-refractivity contribution in [2.75, 3.05) is 13.7 Å². The Labute approximate surface area is 194 Å². The van der Waals surface area contributed by atoms with Crippen molar-refractivity contribution in [3.05, 3.63) is 0 Å². The molecule has 0 aliphatic carbocycles. The summed E-state index contributed by atoms with van der Waals surface area (Å²) in [6.45, 7) is 30.5. The van der Waals surface area contributed by atoms with Crippen LogP contribution in [0.25, 0.3) is 0 Å². The molecule has 3 unspecified atom stereocenters. The van der Waals surface area contributed by atoms with E-state index in [0.29, 0.717) is 5.92 Å². The monoisotopic (exact) mass is 442 g/mol. The molecule has 1 saturated heterocycles. The molecule has 0 aromatic heterocycles. The molecule has 0 aromatic carbocycles. The fourth-order valence-corrected chi connectivity index (χ4v) is 3.41. The van der Waals surface area contributed by atoms with Crippen molar-refractivity contribution < 1.29 is 19.1 Å². The topological polar surface area (TPSA) is 52.6 Å². The van der Waals surface area contributed by atoms with Crippen molar-refractivity contribution in [3.8, 4) is 0 Å². The minimum absolute atomic E-state index is 0.0907. The molecule has 1 rings (SSSR count). The summed E-state index contributed by atoms with van der Waals surface area (Å²) in [6, 6.07) is 0. The molecule has 0 saturated carbocycles. The number of cyclic esters (lactones) is 2. The lowest BCUT2D eigenvalue weighted by atomic mass is 9.54. The number of carbonyl (C=O) groups excluding carboxylic acids is 2. The van der Waals surface area contributed by atoms with Gasteiger partial charge in [0.25, 0.3) is 0 Å². The van der Waals surface area contributed by atoms with Crippen molar-refractivity contribution in [3.63, 3.8) is 0 Å². The second kappa shape index (κ2) is 13.0. The summed E-state index contributed by atoms with van der Waals surface area (Å²) in [6.07, 6.45) is 1.19. The maximum atomic E-state index is 12.3. The van der Waals surface area contributed by atoms with Crippen LogP contribution in [0.15, 0.2) is 0 Å². The first-order chi connectivity index (χ1) is 13.9. The third-order valence-corrected chi connectivity index (χ3v) is 7.96. The maximum absolute atomic E-state index is 12.3. The highest BCUT2D eigenvalue weighted by molar-refractivity contribution is 5.97. The van der Waals surface area contributed by atoms with Gasteiger partial charge in [0.2, 0.25) is 0 Å². The third kappa shape index (κ3) is 8.51. The Morgan fingerprint density at radius 2 is 1.26 bits per heavy atom. The summed E-state index contributed by atoms with van der Waals surface area (Å²) >= 11 is 0. The third-order valence-electron chi connectivity index (χ3n) is 7.96. The number of carbonyl (C=O) groups is 2. The number of ether oxygens (including phenoxy) is 2. The van der Waals surface area contributed by atoms with Gasteiger partial charge in [-0.15, -0.1) is 0 Å². The first-order valence-corrected chi connectivity index (χ1v) is 12.2. The highest BCUT2D eigenvalue weighted by Crippen LogP contribution is 2.55. The number of esters is 2. The molecular formula is C27H54O4. The highest BCUT2D eigenvalue weighted by Gasteiger charge is 2.60. The summed E-state index contributed by atoms with van der Waals surface area (Å²) in [5, 5.41) is 0. The first-order valence-electron chi connectivity index (χ1n) is 12.2. The van der Waals surface area contributed by atoms with E-state index in [9.17, 15) is 9.59 Å². The Morgan fingerprint density at radius 3 is 1.58 bits per heavy atom. The van der Waals surface area contributed by atoms with Crippen LogP contribution in [0.1, 0.15) is 103 Å². The lowest BCUT2D eigenvalue weighted by molar-refractivity contribution is -0.155. The zero-order chi connectivity index (χ0) is 25.4. The molecule has 31 heavy (non-hydrogen) atoms. The van der Waals surface area contributed by atoms with Crippen molar-refractivity contribution in [2.45, 2.75) is 103 Å². The fourth-order valence-electron chi connectivity index (χ4n) is 3.41. The van der Waals surface area contributed by atoms with E-state index in [1.165, 1.54) is 6.42 Å². The largest absolute Gasteiger partial charge is 0.393 e. The predicted octanol–water partition coefficient (Wildman–Crippen LogP) is 7.40. The van der Waals surface area contributed by atoms with Gasteiger partial charge in [-0.3, -0.25) is 9.59 Å². The van der Waals surface area contributed by atoms with Gasteiger partial charge in [-0.05, 0) is 40.4 Å². The minimum atomic E-state index is -0.382. The molecule has 1 aliphatic rings. The van der Waals surface area contributed by atoms with Crippen LogP contribution >= 0.6 is 0 Å². The van der Waals surface area contributed by atoms with Gasteiger partial charge in [0, 0.05) is 13.7 Å². The molecule has 4 heteroatoms. The van der Waals surface area contributed by atoms with E-state index in [2.05, 4.69) is 83.1 Å². The molecule has 0 aromatic rings. The van der Waals surface area contributed by atoms with Gasteiger partial charge in [-0.1, -0.05) is 96.9 Å². The molecule has 0 N–H and O–H groups in total. The Morgan fingerprint density at radius 1 is 0.839 bits per heavy atom. The smallest absolute Gasteiger partial charge is 0.318 e. The Balaban J connectivity index is 0. The van der Waals surface area contributed by atoms with Gasteiger partial charge in [0.1, 0.15) is 0 Å². The average molecular weight is 443 g/mol. The summed E-state index contributed by atoms with van der Waals surface area (Å²) < 4.78 is 9.99. The van der Waals surface area contributed by atoms with E-state index in [0.717, 1.165) is 18.4 Å². The highest BCUT2D eigenvalue weighted by atomic mass is 16.6. The molecule has 0 amide bonds. The van der Waals surface area contributed by atoms with Gasteiger partial charge < -0.3 is 9.47 Å². The predicted molar refractivity (Wildman–Crippen MR) is 132 cm³/mol. The zero-order valence-corrected chi connectivity index (χ0v) is 23.4. The number of rotatable bonds is 7. The van der Waals surface area contributed by atoms with Crippen LogP contribution in [0.3, 0.4) is 0 Å². The van der Waals surface area contributed by atoms with Crippen molar-refractivity contribution >= 4 is 11.9 Å². The van der Waals surface area contributed by atoms with Crippen molar-refractivity contribution in [1.82, 2.24) is 0 Å². The molecular weight excluding hydrogens is 388 g/mol. The molecule has 1 fully saturated rings. The second-order valence-corrected chi connectivity index (χ2v) is 11.6. The molecule has 1 heterocycles. The van der Waals surface area contributed by atoms with E-state index < -0.39 is 0 Å². The number of methoxy groups -OCH3 is 1. The molecule has 0 bridgehead atoms. The average Bonchev–Trinajstić information content (AvgIpc) is 2.95. The lowest BCUT2D eigenvalue weighted by Gasteiger charge is -2.47. The summed E-state index contributed by atoms with van der Waals surface area (Å²) in [5.41, 5.74) is -0.671. The van der Waals surface area contributed by atoms with E-state index in [1.807, 2.05) is 13.8 Å².